The van der Waals surface area contributed by atoms with Gasteiger partial charge in [-0.05, 0) is 36.4 Å². The molecule has 0 amide bonds. The number of nitrogens with zero attached hydrogens (tertiary/aromatic N) is 3. The van der Waals surface area contributed by atoms with Crippen LogP contribution in [-0.2, 0) is 5.75 Å². The van der Waals surface area contributed by atoms with E-state index in [1.54, 1.807) is 25.5 Å². The molecule has 4 rings (SSSR count). The average molecular weight is 400 g/mol. The summed E-state index contributed by atoms with van der Waals surface area (Å²) in [6.45, 7) is 0. The van der Waals surface area contributed by atoms with Gasteiger partial charge in [0.2, 0.25) is 5.89 Å². The van der Waals surface area contributed by atoms with Crippen LogP contribution in [0.25, 0.3) is 22.9 Å². The van der Waals surface area contributed by atoms with Crippen molar-refractivity contribution in [1.82, 2.24) is 15.2 Å². The van der Waals surface area contributed by atoms with Gasteiger partial charge in [0, 0.05) is 16.3 Å². The summed E-state index contributed by atoms with van der Waals surface area (Å²) >= 11 is 7.29. The fourth-order valence-electron chi connectivity index (χ4n) is 2.43. The highest BCUT2D eigenvalue weighted by Crippen LogP contribution is 2.31. The SMILES string of the molecule is COc1ccccc1-c1nnc(SCc2coc(-c3ccc(Cl)cc3)n2)o1. The zero-order valence-electron chi connectivity index (χ0n) is 14.3. The second-order valence-corrected chi connectivity index (χ2v) is 6.88. The summed E-state index contributed by atoms with van der Waals surface area (Å²) in [5.74, 6) is 2.19. The Morgan fingerprint density at radius 1 is 1.04 bits per heavy atom. The van der Waals surface area contributed by atoms with Crippen molar-refractivity contribution >= 4 is 23.4 Å². The molecule has 8 heteroatoms. The number of benzene rings is 2. The molecule has 0 atom stereocenters. The lowest BCUT2D eigenvalue weighted by Crippen LogP contribution is -1.87. The number of methoxy groups -OCH3 is 1. The monoisotopic (exact) mass is 399 g/mol. The number of hydrogen-bond donors (Lipinski definition) is 0. The second-order valence-electron chi connectivity index (χ2n) is 5.51. The van der Waals surface area contributed by atoms with E-state index in [0.717, 1.165) is 16.8 Å². The maximum atomic E-state index is 5.90. The van der Waals surface area contributed by atoms with Crippen molar-refractivity contribution in [1.29, 1.82) is 0 Å². The van der Waals surface area contributed by atoms with Gasteiger partial charge in [-0.15, -0.1) is 10.2 Å². The highest BCUT2D eigenvalue weighted by Gasteiger charge is 2.14. The van der Waals surface area contributed by atoms with Crippen LogP contribution in [0.2, 0.25) is 5.02 Å². The number of aromatic nitrogens is 3. The standard InChI is InChI=1S/C19H14ClN3O3S/c1-24-16-5-3-2-4-15(16)18-22-23-19(26-18)27-11-14-10-25-17(21-14)12-6-8-13(20)9-7-12/h2-10H,11H2,1H3. The largest absolute Gasteiger partial charge is 0.496 e. The van der Waals surface area contributed by atoms with E-state index in [0.29, 0.717) is 33.5 Å². The van der Waals surface area contributed by atoms with Crippen LogP contribution in [0.1, 0.15) is 5.69 Å². The van der Waals surface area contributed by atoms with Gasteiger partial charge in [0.15, 0.2) is 0 Å². The van der Waals surface area contributed by atoms with Gasteiger partial charge in [0.05, 0.1) is 18.4 Å². The minimum Gasteiger partial charge on any atom is -0.496 e. The normalized spacial score (nSPS) is 10.9. The molecule has 136 valence electrons. The van der Waals surface area contributed by atoms with Gasteiger partial charge in [-0.3, -0.25) is 0 Å². The molecule has 0 spiro atoms. The van der Waals surface area contributed by atoms with Crippen molar-refractivity contribution in [2.75, 3.05) is 7.11 Å². The van der Waals surface area contributed by atoms with Gasteiger partial charge >= 0.3 is 0 Å². The first-order valence-corrected chi connectivity index (χ1v) is 9.39. The predicted molar refractivity (Wildman–Crippen MR) is 103 cm³/mol. The maximum absolute atomic E-state index is 5.90. The Hall–Kier alpha value is -2.77. The number of ether oxygens (including phenoxy) is 1. The van der Waals surface area contributed by atoms with Crippen LogP contribution in [0.3, 0.4) is 0 Å². The molecule has 0 bridgehead atoms. The van der Waals surface area contributed by atoms with Crippen molar-refractivity contribution in [2.24, 2.45) is 0 Å². The highest BCUT2D eigenvalue weighted by molar-refractivity contribution is 7.98. The fraction of sp³-hybridized carbons (Fsp3) is 0.105. The van der Waals surface area contributed by atoms with Gasteiger partial charge in [-0.1, -0.05) is 35.5 Å². The molecule has 4 aromatic rings. The molecule has 2 aromatic heterocycles. The van der Waals surface area contributed by atoms with Gasteiger partial charge in [-0.25, -0.2) is 4.98 Å². The van der Waals surface area contributed by atoms with E-state index >= 15 is 0 Å². The lowest BCUT2D eigenvalue weighted by molar-refractivity contribution is 0.411. The second kappa shape index (κ2) is 7.85. The summed E-state index contributed by atoms with van der Waals surface area (Å²) < 4.78 is 16.6. The number of rotatable bonds is 6. The summed E-state index contributed by atoms with van der Waals surface area (Å²) in [4.78, 5) is 4.48. The Morgan fingerprint density at radius 3 is 2.67 bits per heavy atom. The first-order chi connectivity index (χ1) is 13.2. The molecule has 2 aromatic carbocycles. The third kappa shape index (κ3) is 3.99. The molecular formula is C19H14ClN3O3S. The first kappa shape index (κ1) is 17.6. The Morgan fingerprint density at radius 2 is 1.85 bits per heavy atom. The number of halogens is 1. The number of oxazole rings is 1. The third-order valence-corrected chi connectivity index (χ3v) is 4.83. The quantitative estimate of drug-likeness (QED) is 0.405. The molecule has 0 aliphatic heterocycles. The number of hydrogen-bond acceptors (Lipinski definition) is 7. The van der Waals surface area contributed by atoms with Crippen LogP contribution in [0.15, 0.2) is 68.9 Å². The zero-order valence-corrected chi connectivity index (χ0v) is 15.8. The predicted octanol–water partition coefficient (Wildman–Crippen LogP) is 5.35. The fourth-order valence-corrected chi connectivity index (χ4v) is 3.20. The minimum atomic E-state index is 0.414. The van der Waals surface area contributed by atoms with Crippen molar-refractivity contribution in [3.63, 3.8) is 0 Å². The molecule has 27 heavy (non-hydrogen) atoms. The summed E-state index contributed by atoms with van der Waals surface area (Å²) in [6.07, 6.45) is 1.62. The van der Waals surface area contributed by atoms with Crippen molar-refractivity contribution < 1.29 is 13.6 Å². The number of thioether (sulfide) groups is 1. The van der Waals surface area contributed by atoms with E-state index in [9.17, 15) is 0 Å². The number of para-hydroxylation sites is 1. The topological polar surface area (TPSA) is 74.2 Å². The molecule has 0 saturated carbocycles. The Labute approximate surface area is 164 Å². The summed E-state index contributed by atoms with van der Waals surface area (Å²) in [5.41, 5.74) is 2.40. The lowest BCUT2D eigenvalue weighted by Gasteiger charge is -2.03. The van der Waals surface area contributed by atoms with Gasteiger partial charge in [-0.2, -0.15) is 0 Å². The third-order valence-electron chi connectivity index (χ3n) is 3.73. The van der Waals surface area contributed by atoms with E-state index < -0.39 is 0 Å². The van der Waals surface area contributed by atoms with E-state index in [4.69, 9.17) is 25.2 Å². The van der Waals surface area contributed by atoms with E-state index in [2.05, 4.69) is 15.2 Å². The van der Waals surface area contributed by atoms with Crippen molar-refractivity contribution in [2.45, 2.75) is 11.0 Å². The molecule has 0 N–H and O–H groups in total. The van der Waals surface area contributed by atoms with E-state index in [1.807, 2.05) is 36.4 Å². The van der Waals surface area contributed by atoms with Crippen LogP contribution in [0, 0.1) is 0 Å². The molecule has 0 unspecified atom stereocenters. The highest BCUT2D eigenvalue weighted by atomic mass is 35.5. The average Bonchev–Trinajstić information content (AvgIpc) is 3.36. The summed E-state index contributed by atoms with van der Waals surface area (Å²) in [5, 5.41) is 9.29. The van der Waals surface area contributed by atoms with Gasteiger partial charge in [0.25, 0.3) is 11.1 Å². The maximum Gasteiger partial charge on any atom is 0.277 e. The summed E-state index contributed by atoms with van der Waals surface area (Å²) in [6, 6.07) is 14.8. The van der Waals surface area contributed by atoms with Crippen molar-refractivity contribution in [3.05, 3.63) is 65.5 Å². The Balaban J connectivity index is 1.44. The molecule has 0 saturated heterocycles. The van der Waals surface area contributed by atoms with Gasteiger partial charge < -0.3 is 13.6 Å². The van der Waals surface area contributed by atoms with E-state index in [1.165, 1.54) is 11.8 Å². The smallest absolute Gasteiger partial charge is 0.277 e. The molecular weight excluding hydrogens is 386 g/mol. The molecule has 0 aliphatic carbocycles. The molecule has 0 fully saturated rings. The zero-order chi connectivity index (χ0) is 18.6. The molecule has 0 radical (unpaired) electrons. The Bertz CT molecular complexity index is 1050. The minimum absolute atomic E-state index is 0.414. The first-order valence-electron chi connectivity index (χ1n) is 8.03. The van der Waals surface area contributed by atoms with Crippen LogP contribution < -0.4 is 4.74 Å². The molecule has 2 heterocycles. The van der Waals surface area contributed by atoms with Crippen LogP contribution >= 0.6 is 23.4 Å². The van der Waals surface area contributed by atoms with Crippen LogP contribution in [0.5, 0.6) is 5.75 Å². The summed E-state index contributed by atoms with van der Waals surface area (Å²) in [7, 11) is 1.60. The van der Waals surface area contributed by atoms with Crippen LogP contribution in [0.4, 0.5) is 0 Å². The van der Waals surface area contributed by atoms with Crippen molar-refractivity contribution in [3.8, 4) is 28.7 Å². The molecule has 0 aliphatic rings. The Kier molecular flexibility index (Phi) is 5.13. The van der Waals surface area contributed by atoms with E-state index in [-0.39, 0.29) is 0 Å². The van der Waals surface area contributed by atoms with Gasteiger partial charge in [0.1, 0.15) is 12.0 Å². The lowest BCUT2D eigenvalue weighted by atomic mass is 10.2. The van der Waals surface area contributed by atoms with Crippen LogP contribution in [-0.4, -0.2) is 22.3 Å². The molecule has 6 nitrogen and oxygen atoms in total.